The van der Waals surface area contributed by atoms with Gasteiger partial charge in [0.15, 0.2) is 12.4 Å². The van der Waals surface area contributed by atoms with Gasteiger partial charge in [0.2, 0.25) is 11.8 Å². The molecule has 0 radical (unpaired) electrons. The van der Waals surface area contributed by atoms with Crippen molar-refractivity contribution in [2.75, 3.05) is 18.6 Å². The number of ether oxygens (including phenoxy) is 2. The van der Waals surface area contributed by atoms with Gasteiger partial charge in [0.1, 0.15) is 5.75 Å². The fourth-order valence-corrected chi connectivity index (χ4v) is 9.04. The number of carbonyl (C=O) groups is 4. The monoisotopic (exact) mass is 730 g/mol. The lowest BCUT2D eigenvalue weighted by Crippen LogP contribution is -2.37. The first kappa shape index (κ1) is 29.8. The number of pyridine rings is 1. The van der Waals surface area contributed by atoms with Gasteiger partial charge < -0.3 is 9.47 Å². The Morgan fingerprint density at radius 3 is 2.18 bits per heavy atom. The SMILES string of the molecule is COc1ccc(C(=O)COC(=O)c2cc(-c3ccc(N4C(=O)C5C6CC(C(Br)C6Br)C5C4=O)cc3)nc3c(C)cccc23)cc1. The number of benzene rings is 3. The first-order chi connectivity index (χ1) is 21.7. The van der Waals surface area contributed by atoms with Gasteiger partial charge in [-0.25, -0.2) is 9.78 Å². The highest BCUT2D eigenvalue weighted by atomic mass is 79.9. The highest BCUT2D eigenvalue weighted by molar-refractivity contribution is 9.12. The van der Waals surface area contributed by atoms with Gasteiger partial charge in [-0.2, -0.15) is 0 Å². The zero-order chi connectivity index (χ0) is 31.6. The summed E-state index contributed by atoms with van der Waals surface area (Å²) < 4.78 is 10.6. The number of nitrogens with zero attached hydrogens (tertiary/aromatic N) is 2. The molecule has 2 heterocycles. The normalized spacial score (nSPS) is 25.1. The van der Waals surface area contributed by atoms with Crippen LogP contribution in [0.2, 0.25) is 0 Å². The summed E-state index contributed by atoms with van der Waals surface area (Å²) in [5, 5.41) is 0.613. The van der Waals surface area contributed by atoms with E-state index in [-0.39, 0.29) is 56.5 Å². The molecule has 1 aliphatic heterocycles. The highest BCUT2D eigenvalue weighted by Gasteiger charge is 2.66. The molecular formula is C35H28Br2N2O6. The molecule has 1 aromatic heterocycles. The summed E-state index contributed by atoms with van der Waals surface area (Å²) in [6, 6.07) is 20.9. The van der Waals surface area contributed by atoms with Crippen LogP contribution in [0, 0.1) is 30.6 Å². The summed E-state index contributed by atoms with van der Waals surface area (Å²) >= 11 is 7.47. The average Bonchev–Trinajstić information content (AvgIpc) is 3.68. The van der Waals surface area contributed by atoms with Gasteiger partial charge in [-0.3, -0.25) is 19.3 Å². The summed E-state index contributed by atoms with van der Waals surface area (Å²) in [6.07, 6.45) is 0.874. The number of hydrogen-bond acceptors (Lipinski definition) is 7. The van der Waals surface area contributed by atoms with E-state index >= 15 is 0 Å². The number of aryl methyl sites for hydroxylation is 1. The van der Waals surface area contributed by atoms with Gasteiger partial charge in [0.25, 0.3) is 0 Å². The van der Waals surface area contributed by atoms with Crippen molar-refractivity contribution in [3.05, 3.63) is 89.5 Å². The van der Waals surface area contributed by atoms with Gasteiger partial charge in [-0.1, -0.05) is 62.2 Å². The molecule has 2 aliphatic carbocycles. The van der Waals surface area contributed by atoms with E-state index < -0.39 is 12.6 Å². The van der Waals surface area contributed by atoms with Crippen LogP contribution in [-0.2, 0) is 14.3 Å². The van der Waals surface area contributed by atoms with Crippen molar-refractivity contribution in [2.24, 2.45) is 23.7 Å². The van der Waals surface area contributed by atoms with Gasteiger partial charge in [-0.15, -0.1) is 0 Å². The quantitative estimate of drug-likeness (QED) is 0.0921. The molecule has 7 rings (SSSR count). The lowest BCUT2D eigenvalue weighted by Gasteiger charge is -2.28. The van der Waals surface area contributed by atoms with Crippen LogP contribution in [0.3, 0.4) is 0 Å². The van der Waals surface area contributed by atoms with Crippen molar-refractivity contribution in [3.63, 3.8) is 0 Å². The van der Waals surface area contributed by atoms with Gasteiger partial charge >= 0.3 is 5.97 Å². The first-order valence-electron chi connectivity index (χ1n) is 14.7. The fraction of sp³-hybridized carbons (Fsp3) is 0.286. The number of rotatable bonds is 7. The zero-order valence-corrected chi connectivity index (χ0v) is 27.6. The second-order valence-electron chi connectivity index (χ2n) is 11.8. The Labute approximate surface area is 276 Å². The van der Waals surface area contributed by atoms with Gasteiger partial charge in [-0.05, 0) is 73.2 Å². The number of hydrogen-bond donors (Lipinski definition) is 0. The second-order valence-corrected chi connectivity index (χ2v) is 13.9. The predicted molar refractivity (Wildman–Crippen MR) is 176 cm³/mol. The van der Waals surface area contributed by atoms with E-state index in [0.717, 1.165) is 12.0 Å². The van der Waals surface area contributed by atoms with Crippen molar-refractivity contribution in [2.45, 2.75) is 23.0 Å². The molecular weight excluding hydrogens is 704 g/mol. The van der Waals surface area contributed by atoms with Crippen LogP contribution in [0.4, 0.5) is 5.69 Å². The molecule has 2 amide bonds. The van der Waals surface area contributed by atoms with E-state index in [1.165, 1.54) is 4.90 Å². The van der Waals surface area contributed by atoms with Crippen molar-refractivity contribution in [1.29, 1.82) is 0 Å². The number of aromatic nitrogens is 1. The number of para-hydroxylation sites is 1. The number of methoxy groups -OCH3 is 1. The number of fused-ring (bicyclic) bond motifs is 6. The van der Waals surface area contributed by atoms with E-state index in [2.05, 4.69) is 31.9 Å². The summed E-state index contributed by atoms with van der Waals surface area (Å²) in [5.41, 5.74) is 3.95. The number of carbonyl (C=O) groups excluding carboxylic acids is 4. The Balaban J connectivity index is 1.15. The second kappa shape index (κ2) is 11.5. The van der Waals surface area contributed by atoms with Gasteiger partial charge in [0.05, 0.1) is 41.4 Å². The molecule has 6 atom stereocenters. The average molecular weight is 732 g/mol. The molecule has 3 aliphatic rings. The standard InChI is InChI=1S/C35H28Br2N2O6/c1-17-4-3-5-22-23(35(43)45-16-27(40)19-8-12-21(44-2)13-9-19)15-26(38-32(17)22)18-6-10-20(11-7-18)39-33(41)28-24-14-25(29(28)34(39)42)31(37)30(24)36/h3-13,15,24-25,28-31H,14,16H2,1-2H3. The van der Waals surface area contributed by atoms with Crippen LogP contribution in [-0.4, -0.2) is 51.9 Å². The molecule has 0 spiro atoms. The molecule has 228 valence electrons. The Kier molecular flexibility index (Phi) is 7.60. The summed E-state index contributed by atoms with van der Waals surface area (Å²) in [6.45, 7) is 1.49. The predicted octanol–water partition coefficient (Wildman–Crippen LogP) is 6.54. The van der Waals surface area contributed by atoms with Crippen molar-refractivity contribution in [1.82, 2.24) is 4.98 Å². The maximum atomic E-state index is 13.5. The zero-order valence-electron chi connectivity index (χ0n) is 24.4. The number of amides is 2. The molecule has 3 fully saturated rings. The summed E-state index contributed by atoms with van der Waals surface area (Å²) in [5.74, 6) is -0.942. The van der Waals surface area contributed by atoms with Crippen LogP contribution in [0.1, 0.15) is 32.7 Å². The maximum Gasteiger partial charge on any atom is 0.339 e. The molecule has 45 heavy (non-hydrogen) atoms. The van der Waals surface area contributed by atoms with E-state index in [0.29, 0.717) is 39.2 Å². The maximum absolute atomic E-state index is 13.5. The molecule has 3 aromatic carbocycles. The van der Waals surface area contributed by atoms with Crippen LogP contribution in [0.15, 0.2) is 72.8 Å². The number of ketones is 1. The fourth-order valence-electron chi connectivity index (χ4n) is 7.16. The molecule has 2 bridgehead atoms. The Hall–Kier alpha value is -3.89. The summed E-state index contributed by atoms with van der Waals surface area (Å²) in [4.78, 5) is 59.6. The number of Topliss-reactive ketones (excluding diaryl/α,β-unsaturated/α-hetero) is 1. The van der Waals surface area contributed by atoms with Crippen molar-refractivity contribution < 1.29 is 28.7 Å². The van der Waals surface area contributed by atoms with E-state index in [9.17, 15) is 19.2 Å². The number of anilines is 1. The highest BCUT2D eigenvalue weighted by Crippen LogP contribution is 2.60. The van der Waals surface area contributed by atoms with Crippen molar-refractivity contribution in [3.8, 4) is 17.0 Å². The Morgan fingerprint density at radius 2 is 1.56 bits per heavy atom. The topological polar surface area (TPSA) is 103 Å². The van der Waals surface area contributed by atoms with E-state index in [4.69, 9.17) is 14.5 Å². The summed E-state index contributed by atoms with van der Waals surface area (Å²) in [7, 11) is 1.54. The number of imide groups is 1. The lowest BCUT2D eigenvalue weighted by atomic mass is 9.81. The van der Waals surface area contributed by atoms with Gasteiger partial charge in [0, 0.05) is 26.2 Å². The number of alkyl halides is 2. The van der Waals surface area contributed by atoms with Crippen LogP contribution in [0.5, 0.6) is 5.75 Å². The molecule has 10 heteroatoms. The molecule has 2 saturated carbocycles. The Bertz CT molecular complexity index is 1840. The third-order valence-corrected chi connectivity index (χ3v) is 12.6. The molecule has 4 aromatic rings. The lowest BCUT2D eigenvalue weighted by molar-refractivity contribution is -0.123. The minimum atomic E-state index is -0.641. The van der Waals surface area contributed by atoms with E-state index in [1.54, 1.807) is 67.8 Å². The molecule has 0 N–H and O–H groups in total. The number of halogens is 2. The van der Waals surface area contributed by atoms with Crippen molar-refractivity contribution >= 4 is 72.0 Å². The Morgan fingerprint density at radius 1 is 0.911 bits per heavy atom. The van der Waals surface area contributed by atoms with Crippen LogP contribution in [0.25, 0.3) is 22.2 Å². The first-order valence-corrected chi connectivity index (χ1v) is 16.5. The van der Waals surface area contributed by atoms with Crippen LogP contribution < -0.4 is 9.64 Å². The molecule has 6 unspecified atom stereocenters. The minimum absolute atomic E-state index is 0.136. The van der Waals surface area contributed by atoms with Crippen LogP contribution >= 0.6 is 31.9 Å². The largest absolute Gasteiger partial charge is 0.497 e. The third-order valence-electron chi connectivity index (χ3n) is 9.42. The minimum Gasteiger partial charge on any atom is -0.497 e. The smallest absolute Gasteiger partial charge is 0.339 e. The molecule has 1 saturated heterocycles. The molecule has 8 nitrogen and oxygen atoms in total. The van der Waals surface area contributed by atoms with E-state index in [1.807, 2.05) is 19.1 Å². The third kappa shape index (κ3) is 4.89. The number of esters is 1.